The zero-order chi connectivity index (χ0) is 13.3. The Morgan fingerprint density at radius 3 is 1.78 bits per heavy atom. The molecule has 0 saturated heterocycles. The minimum absolute atomic E-state index is 0.735. The van der Waals surface area contributed by atoms with Gasteiger partial charge in [0.2, 0.25) is 0 Å². The van der Waals surface area contributed by atoms with Crippen LogP contribution in [0.25, 0.3) is 0 Å². The van der Waals surface area contributed by atoms with Crippen LogP contribution >= 0.6 is 0 Å². The van der Waals surface area contributed by atoms with Crippen LogP contribution in [0.1, 0.15) is 77.6 Å². The van der Waals surface area contributed by atoms with Crippen molar-refractivity contribution in [3.63, 3.8) is 0 Å². The van der Waals surface area contributed by atoms with Crippen LogP contribution in [-0.4, -0.2) is 6.29 Å². The predicted octanol–water partition coefficient (Wildman–Crippen LogP) is 5.61. The van der Waals surface area contributed by atoms with Crippen molar-refractivity contribution in [2.75, 3.05) is 0 Å². The molecule has 0 heterocycles. The fraction of sp³-hybridized carbons (Fsp3) is 0.706. The molecule has 0 aliphatic heterocycles. The zero-order valence-corrected chi connectivity index (χ0v) is 12.1. The quantitative estimate of drug-likeness (QED) is 0.236. The maximum absolute atomic E-state index is 10.1. The van der Waals surface area contributed by atoms with Gasteiger partial charge in [-0.05, 0) is 38.5 Å². The Balaban J connectivity index is 3.15. The molecule has 104 valence electrons. The van der Waals surface area contributed by atoms with Crippen LogP contribution in [0.3, 0.4) is 0 Å². The number of hydrogen-bond acceptors (Lipinski definition) is 1. The molecule has 18 heavy (non-hydrogen) atoms. The Labute approximate surface area is 113 Å². The van der Waals surface area contributed by atoms with Gasteiger partial charge in [0, 0.05) is 6.42 Å². The van der Waals surface area contributed by atoms with E-state index < -0.39 is 0 Å². The molecular formula is C17H30O. The van der Waals surface area contributed by atoms with Crippen LogP contribution in [0.5, 0.6) is 0 Å². The average molecular weight is 250 g/mol. The van der Waals surface area contributed by atoms with Crippen molar-refractivity contribution in [3.8, 4) is 0 Å². The molecular weight excluding hydrogens is 220 g/mol. The molecule has 0 aromatic heterocycles. The van der Waals surface area contributed by atoms with E-state index >= 15 is 0 Å². The van der Waals surface area contributed by atoms with E-state index in [1.807, 2.05) is 0 Å². The molecule has 0 aliphatic carbocycles. The van der Waals surface area contributed by atoms with Crippen molar-refractivity contribution in [2.24, 2.45) is 0 Å². The minimum Gasteiger partial charge on any atom is -0.303 e. The van der Waals surface area contributed by atoms with Gasteiger partial charge in [-0.2, -0.15) is 0 Å². The third-order valence-corrected chi connectivity index (χ3v) is 3.02. The first-order chi connectivity index (χ1) is 8.91. The maximum atomic E-state index is 10.1. The molecule has 0 N–H and O–H groups in total. The Hall–Kier alpha value is -0.850. The summed E-state index contributed by atoms with van der Waals surface area (Å²) in [6.07, 6.45) is 23.2. The number of hydrogen-bond donors (Lipinski definition) is 0. The summed E-state index contributed by atoms with van der Waals surface area (Å²) in [5, 5.41) is 0. The second-order valence-corrected chi connectivity index (χ2v) is 4.83. The second-order valence-electron chi connectivity index (χ2n) is 4.83. The van der Waals surface area contributed by atoms with Crippen LogP contribution in [-0.2, 0) is 4.79 Å². The summed E-state index contributed by atoms with van der Waals surface area (Å²) in [6.45, 7) is 2.24. The van der Waals surface area contributed by atoms with Gasteiger partial charge in [-0.3, -0.25) is 0 Å². The smallest absolute Gasteiger partial charge is 0.119 e. The zero-order valence-electron chi connectivity index (χ0n) is 12.1. The highest BCUT2D eigenvalue weighted by Crippen LogP contribution is 2.05. The molecule has 0 aromatic rings. The molecule has 1 nitrogen and oxygen atoms in total. The predicted molar refractivity (Wildman–Crippen MR) is 80.8 cm³/mol. The van der Waals surface area contributed by atoms with Crippen LogP contribution in [0.2, 0.25) is 0 Å². The van der Waals surface area contributed by atoms with Crippen molar-refractivity contribution in [1.29, 1.82) is 0 Å². The molecule has 0 fully saturated rings. The SMILES string of the molecule is CCCCC/C=C\C/C=C\CCCCCCC=O. The van der Waals surface area contributed by atoms with Crippen molar-refractivity contribution < 1.29 is 4.79 Å². The van der Waals surface area contributed by atoms with E-state index in [1.54, 1.807) is 0 Å². The van der Waals surface area contributed by atoms with E-state index in [2.05, 4.69) is 31.2 Å². The summed E-state index contributed by atoms with van der Waals surface area (Å²) >= 11 is 0. The first-order valence-electron chi connectivity index (χ1n) is 7.65. The van der Waals surface area contributed by atoms with Gasteiger partial charge in [-0.15, -0.1) is 0 Å². The molecule has 0 saturated carbocycles. The summed E-state index contributed by atoms with van der Waals surface area (Å²) in [4.78, 5) is 10.1. The highest BCUT2D eigenvalue weighted by molar-refractivity contribution is 5.48. The third-order valence-electron chi connectivity index (χ3n) is 3.02. The van der Waals surface area contributed by atoms with Crippen molar-refractivity contribution in [2.45, 2.75) is 77.6 Å². The Bertz CT molecular complexity index is 216. The van der Waals surface area contributed by atoms with E-state index in [1.165, 1.54) is 51.4 Å². The van der Waals surface area contributed by atoms with Gasteiger partial charge in [0.15, 0.2) is 0 Å². The first kappa shape index (κ1) is 17.2. The second kappa shape index (κ2) is 16.1. The highest BCUT2D eigenvalue weighted by Gasteiger charge is 1.87. The number of carbonyl (C=O) groups excluding carboxylic acids is 1. The highest BCUT2D eigenvalue weighted by atomic mass is 16.1. The molecule has 0 aromatic carbocycles. The Morgan fingerprint density at radius 1 is 0.667 bits per heavy atom. The fourth-order valence-electron chi connectivity index (χ4n) is 1.86. The van der Waals surface area contributed by atoms with Crippen molar-refractivity contribution >= 4 is 6.29 Å². The van der Waals surface area contributed by atoms with Gasteiger partial charge in [0.1, 0.15) is 6.29 Å². The van der Waals surface area contributed by atoms with Gasteiger partial charge >= 0.3 is 0 Å². The lowest BCUT2D eigenvalue weighted by atomic mass is 10.1. The summed E-state index contributed by atoms with van der Waals surface area (Å²) < 4.78 is 0. The number of carbonyl (C=O) groups is 1. The van der Waals surface area contributed by atoms with E-state index in [0.717, 1.165) is 25.5 Å². The molecule has 0 amide bonds. The largest absolute Gasteiger partial charge is 0.303 e. The summed E-state index contributed by atoms with van der Waals surface area (Å²) in [6, 6.07) is 0. The normalized spacial score (nSPS) is 11.6. The lowest BCUT2D eigenvalue weighted by Gasteiger charge is -1.95. The van der Waals surface area contributed by atoms with Gasteiger partial charge < -0.3 is 4.79 Å². The Kier molecular flexibility index (Phi) is 15.4. The van der Waals surface area contributed by atoms with Crippen LogP contribution in [0.15, 0.2) is 24.3 Å². The molecule has 0 unspecified atom stereocenters. The maximum Gasteiger partial charge on any atom is 0.119 e. The lowest BCUT2D eigenvalue weighted by molar-refractivity contribution is -0.107. The lowest BCUT2D eigenvalue weighted by Crippen LogP contribution is -1.79. The summed E-state index contributed by atoms with van der Waals surface area (Å²) in [7, 11) is 0. The minimum atomic E-state index is 0.735. The molecule has 0 atom stereocenters. The number of rotatable bonds is 13. The van der Waals surface area contributed by atoms with Crippen LogP contribution in [0.4, 0.5) is 0 Å². The number of aldehydes is 1. The first-order valence-corrected chi connectivity index (χ1v) is 7.65. The van der Waals surface area contributed by atoms with Gasteiger partial charge in [-0.25, -0.2) is 0 Å². The molecule has 0 rings (SSSR count). The van der Waals surface area contributed by atoms with Gasteiger partial charge in [-0.1, -0.05) is 56.9 Å². The van der Waals surface area contributed by atoms with Crippen molar-refractivity contribution in [1.82, 2.24) is 0 Å². The fourth-order valence-corrected chi connectivity index (χ4v) is 1.86. The molecule has 0 spiro atoms. The van der Waals surface area contributed by atoms with Gasteiger partial charge in [0.05, 0.1) is 0 Å². The van der Waals surface area contributed by atoms with E-state index in [9.17, 15) is 4.79 Å². The van der Waals surface area contributed by atoms with E-state index in [-0.39, 0.29) is 0 Å². The van der Waals surface area contributed by atoms with Gasteiger partial charge in [0.25, 0.3) is 0 Å². The molecule has 1 heteroatoms. The monoisotopic (exact) mass is 250 g/mol. The third kappa shape index (κ3) is 15.1. The molecule has 0 bridgehead atoms. The van der Waals surface area contributed by atoms with Crippen LogP contribution in [0, 0.1) is 0 Å². The van der Waals surface area contributed by atoms with E-state index in [4.69, 9.17) is 0 Å². The van der Waals surface area contributed by atoms with Crippen molar-refractivity contribution in [3.05, 3.63) is 24.3 Å². The molecule has 0 aliphatic rings. The Morgan fingerprint density at radius 2 is 1.22 bits per heavy atom. The van der Waals surface area contributed by atoms with Crippen LogP contribution < -0.4 is 0 Å². The topological polar surface area (TPSA) is 17.1 Å². The standard InChI is InChI=1S/C17H30O/c1-2-3-4-5-6-7-8-9-10-11-12-13-14-15-16-17-18/h6-7,9-10,17H,2-5,8,11-16H2,1H3/b7-6-,10-9-. The number of unbranched alkanes of at least 4 members (excludes halogenated alkanes) is 8. The molecule has 0 radical (unpaired) electrons. The van der Waals surface area contributed by atoms with E-state index in [0.29, 0.717) is 0 Å². The number of allylic oxidation sites excluding steroid dienone is 4. The average Bonchev–Trinajstić information content (AvgIpc) is 2.39. The summed E-state index contributed by atoms with van der Waals surface area (Å²) in [5.41, 5.74) is 0. The summed E-state index contributed by atoms with van der Waals surface area (Å²) in [5.74, 6) is 0.